The van der Waals surface area contributed by atoms with E-state index in [1.807, 2.05) is 6.26 Å². The molecule has 18 heteroatoms. The number of rotatable bonds is 11. The van der Waals surface area contributed by atoms with Gasteiger partial charge in [-0.3, -0.25) is 0 Å². The fourth-order valence-electron chi connectivity index (χ4n) is 7.72. The number of primary sulfonamides is 1. The molecule has 0 aliphatic heterocycles. The van der Waals surface area contributed by atoms with Crippen LogP contribution in [0.15, 0.2) is 12.1 Å². The van der Waals surface area contributed by atoms with E-state index in [1.54, 1.807) is 0 Å². The summed E-state index contributed by atoms with van der Waals surface area (Å²) in [4.78, 5) is 37.1. The molecule has 4 aliphatic rings. The van der Waals surface area contributed by atoms with Crippen LogP contribution in [0.3, 0.4) is 0 Å². The number of nitriles is 1. The number of sulfonamides is 2. The van der Waals surface area contributed by atoms with Gasteiger partial charge in [0.15, 0.2) is 0 Å². The lowest BCUT2D eigenvalue weighted by Crippen LogP contribution is -2.37. The van der Waals surface area contributed by atoms with Crippen LogP contribution in [0.4, 0.5) is 20.1 Å². The molecule has 0 saturated heterocycles. The van der Waals surface area contributed by atoms with Gasteiger partial charge in [-0.15, -0.1) is 5.26 Å². The average Bonchev–Trinajstić information content (AvgIpc) is 3.98. The van der Waals surface area contributed by atoms with Crippen molar-refractivity contribution in [3.63, 3.8) is 0 Å². The van der Waals surface area contributed by atoms with Gasteiger partial charge in [-0.2, -0.15) is 0 Å². The van der Waals surface area contributed by atoms with Crippen LogP contribution < -0.4 is 19.9 Å². The summed E-state index contributed by atoms with van der Waals surface area (Å²) in [5.74, 6) is 0.515. The number of ether oxygens (including phenoxy) is 3. The number of nitrogens with one attached hydrogen (secondary N) is 2. The summed E-state index contributed by atoms with van der Waals surface area (Å²) < 4.78 is 61.7. The molecular formula is C38H54N6O10S2. The Hall–Kier alpha value is -4.60. The number of nitrogens with two attached hydrogens (primary N) is 1. The number of fused-ring (bicyclic) bond motifs is 4. The number of benzene rings is 2. The quantitative estimate of drug-likeness (QED) is 0.274. The first-order chi connectivity index (χ1) is 26.6. The highest BCUT2D eigenvalue weighted by atomic mass is 32.2. The smallest absolute Gasteiger partial charge is 0.409 e. The molecule has 0 saturated carbocycles. The van der Waals surface area contributed by atoms with Crippen LogP contribution in [0, 0.1) is 11.5 Å². The van der Waals surface area contributed by atoms with Crippen LogP contribution in [0.25, 0.3) is 0 Å². The van der Waals surface area contributed by atoms with E-state index in [-0.39, 0.29) is 24.5 Å². The van der Waals surface area contributed by atoms with Crippen molar-refractivity contribution in [1.29, 1.82) is 5.26 Å². The molecule has 56 heavy (non-hydrogen) atoms. The summed E-state index contributed by atoms with van der Waals surface area (Å²) >= 11 is 0. The highest BCUT2D eigenvalue weighted by Gasteiger charge is 2.27. The number of methoxy groups -OCH3 is 2. The van der Waals surface area contributed by atoms with E-state index in [0.29, 0.717) is 13.0 Å². The summed E-state index contributed by atoms with van der Waals surface area (Å²) in [5.41, 5.74) is 11.1. The lowest BCUT2D eigenvalue weighted by atomic mass is 9.99. The lowest BCUT2D eigenvalue weighted by molar-refractivity contribution is 0.133. The van der Waals surface area contributed by atoms with Gasteiger partial charge in [0.2, 0.25) is 20.0 Å². The minimum absolute atomic E-state index is 0.131. The number of carbonyl (C=O) groups is 3. The molecule has 0 radical (unpaired) electrons. The number of aryl methyl sites for hydroxylation is 4. The van der Waals surface area contributed by atoms with Crippen molar-refractivity contribution < 1.29 is 45.4 Å². The normalized spacial score (nSPS) is 14.6. The van der Waals surface area contributed by atoms with E-state index in [2.05, 4.69) is 31.6 Å². The largest absolute Gasteiger partial charge is 0.453 e. The molecule has 4 N–H and O–H groups in total. The third-order valence-electron chi connectivity index (χ3n) is 10.3. The maximum Gasteiger partial charge on any atom is 0.409 e. The predicted octanol–water partition coefficient (Wildman–Crippen LogP) is 4.09. The Morgan fingerprint density at radius 2 is 1.12 bits per heavy atom. The topological polar surface area (TPSA) is 228 Å². The standard InChI is InChI=1S/C19H27N3O5S.C13H13NO.C6H14N2O4S/c1-22(19(24)27-2)10-5-11-28(25,26)21-18(23)20-17-15-8-3-6-13(15)12-14-7-4-9-16(14)17;14-8-15-13-11-5-1-3-9(11)7-10-4-2-6-12(10)13;1-8(6(9)12-2)4-3-5-13(7,10)11/h12H,3-11H2,1-2H3,(H2,20,21,23);7H,1-6H2;3-5H2,1-2H3,(H2,7,10,11). The van der Waals surface area contributed by atoms with Crippen molar-refractivity contribution in [2.45, 2.75) is 89.9 Å². The van der Waals surface area contributed by atoms with Crippen LogP contribution in [0.1, 0.15) is 83.0 Å². The van der Waals surface area contributed by atoms with E-state index in [1.165, 1.54) is 84.3 Å². The fourth-order valence-corrected chi connectivity index (χ4v) is 9.20. The second-order valence-corrected chi connectivity index (χ2v) is 17.9. The van der Waals surface area contributed by atoms with Crippen LogP contribution in [-0.4, -0.2) is 97.8 Å². The Balaban J connectivity index is 0.000000208. The van der Waals surface area contributed by atoms with Crippen molar-refractivity contribution in [2.24, 2.45) is 5.14 Å². The van der Waals surface area contributed by atoms with E-state index in [9.17, 15) is 31.2 Å². The molecule has 4 aliphatic carbocycles. The number of anilines is 1. The summed E-state index contributed by atoms with van der Waals surface area (Å²) in [7, 11) is -1.66. The van der Waals surface area contributed by atoms with Gasteiger partial charge >= 0.3 is 18.2 Å². The molecule has 2 aromatic rings. The molecule has 2 aromatic carbocycles. The van der Waals surface area contributed by atoms with Gasteiger partial charge in [0.1, 0.15) is 5.75 Å². The maximum atomic E-state index is 12.4. The Labute approximate surface area is 330 Å². The molecule has 0 heterocycles. The molecule has 0 atom stereocenters. The first kappa shape index (κ1) is 44.1. The van der Waals surface area contributed by atoms with Crippen molar-refractivity contribution in [3.8, 4) is 12.0 Å². The molecule has 0 unspecified atom stereocenters. The second kappa shape index (κ2) is 20.0. The van der Waals surface area contributed by atoms with Crippen molar-refractivity contribution >= 4 is 44.0 Å². The van der Waals surface area contributed by atoms with Crippen molar-refractivity contribution in [1.82, 2.24) is 14.5 Å². The van der Waals surface area contributed by atoms with Gasteiger partial charge in [0.05, 0.1) is 25.7 Å². The van der Waals surface area contributed by atoms with Gasteiger partial charge in [0, 0.05) is 32.9 Å². The Kier molecular flexibility index (Phi) is 15.8. The molecule has 0 bridgehead atoms. The highest BCUT2D eigenvalue weighted by Crippen LogP contribution is 2.40. The van der Waals surface area contributed by atoms with Crippen molar-refractivity contribution in [3.05, 3.63) is 56.6 Å². The van der Waals surface area contributed by atoms with Gasteiger partial charge in [0.25, 0.3) is 6.26 Å². The SMILES string of the molecule is COC(=O)N(C)CCCS(=O)(=O)NC(=O)Nc1c2c(cc3c1CCC3)CCC2.COC(=O)N(C)CCCS(N)(=O)=O.N#COc1c2c(cc3c1CCC3)CCC2. The third kappa shape index (κ3) is 12.2. The van der Waals surface area contributed by atoms with E-state index >= 15 is 0 Å². The predicted molar refractivity (Wildman–Crippen MR) is 210 cm³/mol. The Morgan fingerprint density at radius 3 is 1.54 bits per heavy atom. The van der Waals surface area contributed by atoms with E-state index < -0.39 is 38.3 Å². The molecule has 0 spiro atoms. The lowest BCUT2D eigenvalue weighted by Gasteiger charge is -2.17. The Morgan fingerprint density at radius 1 is 0.714 bits per heavy atom. The average molecular weight is 819 g/mol. The van der Waals surface area contributed by atoms with Gasteiger partial charge in [-0.05, 0) is 134 Å². The van der Waals surface area contributed by atoms with Crippen LogP contribution in [-0.2, 0) is 80.9 Å². The van der Waals surface area contributed by atoms with Crippen molar-refractivity contribution in [2.75, 3.05) is 58.2 Å². The number of urea groups is 1. The number of amides is 4. The monoisotopic (exact) mass is 818 g/mol. The van der Waals surface area contributed by atoms with E-state index in [4.69, 9.17) is 15.1 Å². The van der Waals surface area contributed by atoms with Gasteiger partial charge in [-0.1, -0.05) is 12.1 Å². The summed E-state index contributed by atoms with van der Waals surface area (Å²) in [5, 5.41) is 16.3. The molecule has 0 fully saturated rings. The van der Waals surface area contributed by atoms with Crippen LogP contribution in [0.2, 0.25) is 0 Å². The van der Waals surface area contributed by atoms with E-state index in [0.717, 1.165) is 86.8 Å². The number of hydrogen-bond acceptors (Lipinski definition) is 11. The second-order valence-electron chi connectivity index (χ2n) is 14.3. The highest BCUT2D eigenvalue weighted by molar-refractivity contribution is 7.90. The van der Waals surface area contributed by atoms with Gasteiger partial charge < -0.3 is 29.3 Å². The summed E-state index contributed by atoms with van der Waals surface area (Å²) in [6, 6.07) is 3.87. The first-order valence-electron chi connectivity index (χ1n) is 18.9. The minimum atomic E-state index is -3.80. The first-order valence-corrected chi connectivity index (χ1v) is 22.2. The Bertz CT molecular complexity index is 1970. The maximum absolute atomic E-state index is 12.4. The molecule has 6 rings (SSSR count). The zero-order valence-corrected chi connectivity index (χ0v) is 34.3. The zero-order chi connectivity index (χ0) is 41.0. The zero-order valence-electron chi connectivity index (χ0n) is 32.7. The molecule has 0 aromatic heterocycles. The number of hydrogen-bond donors (Lipinski definition) is 3. The molecule has 4 amide bonds. The fraction of sp³-hybridized carbons (Fsp3) is 0.579. The molecule has 308 valence electrons. The third-order valence-corrected chi connectivity index (χ3v) is 12.5. The number of carbonyl (C=O) groups excluding carboxylic acids is 3. The molecular weight excluding hydrogens is 765 g/mol. The summed E-state index contributed by atoms with van der Waals surface area (Å²) in [6.07, 6.45) is 14.2. The number of nitrogens with zero attached hydrogens (tertiary/aromatic N) is 3. The minimum Gasteiger partial charge on any atom is -0.453 e. The van der Waals surface area contributed by atoms with Crippen LogP contribution in [0.5, 0.6) is 5.75 Å². The van der Waals surface area contributed by atoms with Crippen LogP contribution >= 0.6 is 0 Å². The molecule has 16 nitrogen and oxygen atoms in total. The van der Waals surface area contributed by atoms with Gasteiger partial charge in [-0.25, -0.2) is 41.1 Å². The summed E-state index contributed by atoms with van der Waals surface area (Å²) in [6.45, 7) is 0.526.